The molecule has 0 heterocycles. The molecule has 0 aliphatic heterocycles. The Morgan fingerprint density at radius 1 is 1.38 bits per heavy atom. The third-order valence-electron chi connectivity index (χ3n) is 1.86. The summed E-state index contributed by atoms with van der Waals surface area (Å²) in [7, 11) is 0. The second-order valence-electron chi connectivity index (χ2n) is 3.44. The minimum absolute atomic E-state index is 0.686. The van der Waals surface area contributed by atoms with E-state index in [1.54, 1.807) is 6.21 Å². The van der Waals surface area contributed by atoms with Crippen LogP contribution in [-0.2, 0) is 0 Å². The number of rotatable bonds is 4. The Morgan fingerprint density at radius 3 is 2.75 bits per heavy atom. The lowest BCUT2D eigenvalue weighted by molar-refractivity contribution is 1.52. The van der Waals surface area contributed by atoms with Crippen LogP contribution in [0.4, 0.5) is 0 Å². The summed E-state index contributed by atoms with van der Waals surface area (Å²) in [6.07, 6.45) is 5.41. The normalized spacial score (nSPS) is 11.1. The second-order valence-corrected chi connectivity index (χ2v) is 3.88. The molecule has 0 atom stereocenters. The fourth-order valence-corrected chi connectivity index (χ4v) is 1.27. The van der Waals surface area contributed by atoms with Crippen molar-refractivity contribution < 1.29 is 0 Å². The maximum absolute atomic E-state index is 5.87. The highest BCUT2D eigenvalue weighted by atomic mass is 35.5. The van der Waals surface area contributed by atoms with Crippen molar-refractivity contribution in [1.29, 1.82) is 0 Å². The zero-order valence-electron chi connectivity index (χ0n) is 9.28. The summed E-state index contributed by atoms with van der Waals surface area (Å²) in [5, 5.41) is 0.686. The Hall–Kier alpha value is -1.60. The number of nitrogens with zero attached hydrogens (tertiary/aromatic N) is 1. The zero-order valence-corrected chi connectivity index (χ0v) is 10.0. The van der Waals surface area contributed by atoms with E-state index in [0.29, 0.717) is 10.7 Å². The molecule has 0 aliphatic carbocycles. The van der Waals surface area contributed by atoms with Crippen LogP contribution < -0.4 is 0 Å². The van der Waals surface area contributed by atoms with Crippen LogP contribution in [0.25, 0.3) is 5.70 Å². The van der Waals surface area contributed by atoms with E-state index in [1.165, 1.54) is 0 Å². The number of benzene rings is 1. The van der Waals surface area contributed by atoms with Gasteiger partial charge in [-0.3, -0.25) is 4.99 Å². The van der Waals surface area contributed by atoms with Gasteiger partial charge >= 0.3 is 0 Å². The second kappa shape index (κ2) is 6.09. The summed E-state index contributed by atoms with van der Waals surface area (Å²) in [5.41, 5.74) is 2.60. The van der Waals surface area contributed by atoms with Gasteiger partial charge in [-0.05, 0) is 25.1 Å². The summed E-state index contributed by atoms with van der Waals surface area (Å²) in [6.45, 7) is 9.55. The summed E-state index contributed by atoms with van der Waals surface area (Å²) in [4.78, 5) is 4.20. The highest BCUT2D eigenvalue weighted by Gasteiger charge is 1.95. The van der Waals surface area contributed by atoms with Gasteiger partial charge in [0.2, 0.25) is 0 Å². The van der Waals surface area contributed by atoms with Crippen LogP contribution in [0.5, 0.6) is 0 Å². The lowest BCUT2D eigenvalue weighted by Crippen LogP contribution is -1.79. The zero-order chi connectivity index (χ0) is 12.0. The first kappa shape index (κ1) is 12.5. The first-order valence-corrected chi connectivity index (χ1v) is 5.28. The van der Waals surface area contributed by atoms with Crippen LogP contribution in [0.3, 0.4) is 0 Å². The SMILES string of the molecule is C=C(C)/C=C\C=NC(=C)c1cccc(Cl)c1. The van der Waals surface area contributed by atoms with Crippen LogP contribution in [0.2, 0.25) is 5.02 Å². The first-order chi connectivity index (χ1) is 7.59. The minimum atomic E-state index is 0.686. The molecule has 0 bridgehead atoms. The van der Waals surface area contributed by atoms with Gasteiger partial charge in [0.05, 0.1) is 5.70 Å². The number of hydrogen-bond donors (Lipinski definition) is 0. The molecule has 0 aromatic heterocycles. The Morgan fingerprint density at radius 2 is 2.12 bits per heavy atom. The van der Waals surface area contributed by atoms with Crippen molar-refractivity contribution >= 4 is 23.5 Å². The van der Waals surface area contributed by atoms with E-state index < -0.39 is 0 Å². The van der Waals surface area contributed by atoms with Gasteiger partial charge in [-0.2, -0.15) is 0 Å². The van der Waals surface area contributed by atoms with E-state index in [4.69, 9.17) is 11.6 Å². The van der Waals surface area contributed by atoms with Gasteiger partial charge in [-0.1, -0.05) is 48.5 Å². The van der Waals surface area contributed by atoms with Crippen LogP contribution in [0, 0.1) is 0 Å². The fourth-order valence-electron chi connectivity index (χ4n) is 1.08. The molecule has 0 aliphatic rings. The molecular formula is C14H14ClN. The van der Waals surface area contributed by atoms with Crippen molar-refractivity contribution in [1.82, 2.24) is 0 Å². The van der Waals surface area contributed by atoms with E-state index in [1.807, 2.05) is 43.3 Å². The highest BCUT2D eigenvalue weighted by molar-refractivity contribution is 6.30. The molecular weight excluding hydrogens is 218 g/mol. The molecule has 0 fully saturated rings. The standard InChI is InChI=1S/C14H14ClN/c1-11(2)6-5-9-16-12(3)13-7-4-8-14(15)10-13/h4-10H,1,3H2,2H3/b6-5-,16-9?. The maximum atomic E-state index is 5.87. The van der Waals surface area contributed by atoms with E-state index >= 15 is 0 Å². The van der Waals surface area contributed by atoms with Crippen molar-refractivity contribution in [3.63, 3.8) is 0 Å². The molecule has 0 spiro atoms. The van der Waals surface area contributed by atoms with Gasteiger partial charge in [-0.15, -0.1) is 0 Å². The average Bonchev–Trinajstić information content (AvgIpc) is 2.24. The van der Waals surface area contributed by atoms with Crippen molar-refractivity contribution in [3.05, 3.63) is 65.7 Å². The summed E-state index contributed by atoms with van der Waals surface area (Å²) < 4.78 is 0. The minimum Gasteiger partial charge on any atom is -0.257 e. The van der Waals surface area contributed by atoms with Crippen molar-refractivity contribution in [2.75, 3.05) is 0 Å². The average molecular weight is 232 g/mol. The number of hydrogen-bond acceptors (Lipinski definition) is 1. The Balaban J connectivity index is 2.69. The predicted molar refractivity (Wildman–Crippen MR) is 72.9 cm³/mol. The van der Waals surface area contributed by atoms with E-state index in [0.717, 1.165) is 11.1 Å². The van der Waals surface area contributed by atoms with E-state index in [-0.39, 0.29) is 0 Å². The Bertz CT molecular complexity index is 456. The van der Waals surface area contributed by atoms with Gasteiger partial charge in [-0.25, -0.2) is 0 Å². The fraction of sp³-hybridized carbons (Fsp3) is 0.0714. The predicted octanol–water partition coefficient (Wildman–Crippen LogP) is 4.51. The molecule has 82 valence electrons. The maximum Gasteiger partial charge on any atom is 0.0630 e. The summed E-state index contributed by atoms with van der Waals surface area (Å²) in [5.74, 6) is 0. The van der Waals surface area contributed by atoms with Gasteiger partial charge in [0.15, 0.2) is 0 Å². The molecule has 1 aromatic carbocycles. The summed E-state index contributed by atoms with van der Waals surface area (Å²) in [6, 6.07) is 7.46. The van der Waals surface area contributed by atoms with Gasteiger partial charge in [0.1, 0.15) is 0 Å². The van der Waals surface area contributed by atoms with Crippen LogP contribution in [-0.4, -0.2) is 6.21 Å². The molecule has 0 amide bonds. The molecule has 0 saturated heterocycles. The first-order valence-electron chi connectivity index (χ1n) is 4.90. The quantitative estimate of drug-likeness (QED) is 0.534. The van der Waals surface area contributed by atoms with E-state index in [2.05, 4.69) is 18.2 Å². The molecule has 2 heteroatoms. The van der Waals surface area contributed by atoms with Gasteiger partial charge < -0.3 is 0 Å². The number of allylic oxidation sites excluding steroid dienone is 3. The smallest absolute Gasteiger partial charge is 0.0630 e. The summed E-state index contributed by atoms with van der Waals surface area (Å²) >= 11 is 5.87. The third-order valence-corrected chi connectivity index (χ3v) is 2.09. The van der Waals surface area contributed by atoms with Crippen molar-refractivity contribution in [3.8, 4) is 0 Å². The largest absolute Gasteiger partial charge is 0.257 e. The number of aliphatic imine (C=N–C) groups is 1. The Kier molecular flexibility index (Phi) is 4.74. The molecule has 1 nitrogen and oxygen atoms in total. The molecule has 0 radical (unpaired) electrons. The molecule has 16 heavy (non-hydrogen) atoms. The molecule has 0 saturated carbocycles. The van der Waals surface area contributed by atoms with Crippen molar-refractivity contribution in [2.24, 2.45) is 4.99 Å². The lowest BCUT2D eigenvalue weighted by atomic mass is 10.2. The monoisotopic (exact) mass is 231 g/mol. The van der Waals surface area contributed by atoms with E-state index in [9.17, 15) is 0 Å². The van der Waals surface area contributed by atoms with Gasteiger partial charge in [0.25, 0.3) is 0 Å². The Labute approximate surface area is 101 Å². The molecule has 0 N–H and O–H groups in total. The number of halogens is 1. The van der Waals surface area contributed by atoms with Crippen LogP contribution >= 0.6 is 11.6 Å². The van der Waals surface area contributed by atoms with Gasteiger partial charge in [0, 0.05) is 16.8 Å². The highest BCUT2D eigenvalue weighted by Crippen LogP contribution is 2.17. The molecule has 1 aromatic rings. The third kappa shape index (κ3) is 4.28. The molecule has 0 unspecified atom stereocenters. The van der Waals surface area contributed by atoms with Crippen molar-refractivity contribution in [2.45, 2.75) is 6.92 Å². The lowest BCUT2D eigenvalue weighted by Gasteiger charge is -1.99. The van der Waals surface area contributed by atoms with Crippen LogP contribution in [0.1, 0.15) is 12.5 Å². The molecule has 1 rings (SSSR count). The topological polar surface area (TPSA) is 12.4 Å². The van der Waals surface area contributed by atoms with Crippen LogP contribution in [0.15, 0.2) is 60.1 Å².